The summed E-state index contributed by atoms with van der Waals surface area (Å²) in [6.45, 7) is 3.69. The Kier molecular flexibility index (Phi) is 5.64. The summed E-state index contributed by atoms with van der Waals surface area (Å²) in [7, 11) is 1.96. The van der Waals surface area contributed by atoms with Gasteiger partial charge in [0.05, 0.1) is 12.3 Å². The summed E-state index contributed by atoms with van der Waals surface area (Å²) < 4.78 is 2.03. The molecule has 1 heterocycles. The third-order valence-corrected chi connectivity index (χ3v) is 4.98. The predicted octanol–water partition coefficient (Wildman–Crippen LogP) is 4.37. The molecule has 1 unspecified atom stereocenters. The van der Waals surface area contributed by atoms with Crippen LogP contribution in [0.3, 0.4) is 0 Å². The number of carboxylic acid groups (broad SMARTS) is 1. The number of carboxylic acids is 1. The third-order valence-electron chi connectivity index (χ3n) is 4.98. The average molecular weight is 376 g/mol. The molecular formula is C23H24N2O3. The molecule has 144 valence electrons. The minimum absolute atomic E-state index is 0.115. The van der Waals surface area contributed by atoms with Crippen molar-refractivity contribution < 1.29 is 14.7 Å². The molecule has 2 N–H and O–H groups in total. The quantitative estimate of drug-likeness (QED) is 0.671. The van der Waals surface area contributed by atoms with Crippen LogP contribution < -0.4 is 5.32 Å². The smallest absolute Gasteiger partial charge is 0.310 e. The van der Waals surface area contributed by atoms with Crippen molar-refractivity contribution in [2.75, 3.05) is 5.32 Å². The largest absolute Gasteiger partial charge is 0.481 e. The number of aliphatic carboxylic acids is 1. The van der Waals surface area contributed by atoms with E-state index in [1.165, 1.54) is 5.56 Å². The van der Waals surface area contributed by atoms with Gasteiger partial charge in [0.2, 0.25) is 5.91 Å². The maximum Gasteiger partial charge on any atom is 0.310 e. The Morgan fingerprint density at radius 2 is 1.64 bits per heavy atom. The number of benzene rings is 2. The van der Waals surface area contributed by atoms with Crippen molar-refractivity contribution in [3.63, 3.8) is 0 Å². The number of aryl methyl sites for hydroxylation is 1. The highest BCUT2D eigenvalue weighted by molar-refractivity contribution is 5.92. The monoisotopic (exact) mass is 376 g/mol. The maximum absolute atomic E-state index is 12.4. The number of aromatic nitrogens is 1. The fourth-order valence-corrected chi connectivity index (χ4v) is 3.11. The molecule has 0 fully saturated rings. The number of anilines is 1. The van der Waals surface area contributed by atoms with Gasteiger partial charge in [-0.3, -0.25) is 9.59 Å². The molecule has 0 saturated carbocycles. The van der Waals surface area contributed by atoms with Gasteiger partial charge in [0.25, 0.3) is 0 Å². The number of hydrogen-bond acceptors (Lipinski definition) is 2. The molecule has 1 atom stereocenters. The van der Waals surface area contributed by atoms with Crippen LogP contribution in [0, 0.1) is 6.92 Å². The van der Waals surface area contributed by atoms with Gasteiger partial charge >= 0.3 is 5.97 Å². The fourth-order valence-electron chi connectivity index (χ4n) is 3.11. The zero-order chi connectivity index (χ0) is 20.3. The molecular weight excluding hydrogens is 352 g/mol. The lowest BCUT2D eigenvalue weighted by atomic mass is 10.0. The highest BCUT2D eigenvalue weighted by Gasteiger charge is 2.14. The zero-order valence-electron chi connectivity index (χ0n) is 16.3. The Morgan fingerprint density at radius 1 is 1.00 bits per heavy atom. The first kappa shape index (κ1) is 19.4. The Hall–Kier alpha value is -3.34. The molecule has 0 bridgehead atoms. The molecule has 28 heavy (non-hydrogen) atoms. The SMILES string of the molecule is Cc1ccc(-c2ccc(CC(=O)Nc3ccc(C(C)C(=O)O)cc3)n2C)cc1. The number of carbonyl (C=O) groups is 2. The molecule has 3 aromatic rings. The molecule has 3 rings (SSSR count). The number of rotatable bonds is 6. The van der Waals surface area contributed by atoms with Crippen LogP contribution in [0.5, 0.6) is 0 Å². The van der Waals surface area contributed by atoms with Crippen molar-refractivity contribution in [2.24, 2.45) is 7.05 Å². The van der Waals surface area contributed by atoms with Crippen molar-refractivity contribution in [1.29, 1.82) is 0 Å². The van der Waals surface area contributed by atoms with Crippen LogP contribution in [0.15, 0.2) is 60.7 Å². The highest BCUT2D eigenvalue weighted by atomic mass is 16.4. The molecule has 0 radical (unpaired) electrons. The zero-order valence-corrected chi connectivity index (χ0v) is 16.3. The van der Waals surface area contributed by atoms with E-state index in [-0.39, 0.29) is 12.3 Å². The summed E-state index contributed by atoms with van der Waals surface area (Å²) in [5, 5.41) is 11.9. The second-order valence-corrected chi connectivity index (χ2v) is 7.04. The average Bonchev–Trinajstić information content (AvgIpc) is 3.02. The second kappa shape index (κ2) is 8.13. The predicted molar refractivity (Wildman–Crippen MR) is 110 cm³/mol. The third kappa shape index (κ3) is 4.31. The molecule has 1 amide bonds. The van der Waals surface area contributed by atoms with Gasteiger partial charge in [-0.1, -0.05) is 42.0 Å². The minimum Gasteiger partial charge on any atom is -0.481 e. The van der Waals surface area contributed by atoms with E-state index in [9.17, 15) is 9.59 Å². The van der Waals surface area contributed by atoms with Crippen LogP contribution in [0.25, 0.3) is 11.3 Å². The van der Waals surface area contributed by atoms with Crippen LogP contribution in [0.4, 0.5) is 5.69 Å². The number of nitrogens with zero attached hydrogens (tertiary/aromatic N) is 1. The number of carbonyl (C=O) groups excluding carboxylic acids is 1. The molecule has 0 saturated heterocycles. The van der Waals surface area contributed by atoms with E-state index in [0.29, 0.717) is 11.3 Å². The van der Waals surface area contributed by atoms with E-state index in [4.69, 9.17) is 5.11 Å². The lowest BCUT2D eigenvalue weighted by molar-refractivity contribution is -0.138. The van der Waals surface area contributed by atoms with Gasteiger partial charge in [-0.2, -0.15) is 0 Å². The molecule has 1 aromatic heterocycles. The Labute approximate surface area is 164 Å². The summed E-state index contributed by atoms with van der Waals surface area (Å²) in [4.78, 5) is 23.5. The van der Waals surface area contributed by atoms with Crippen molar-refractivity contribution in [1.82, 2.24) is 4.57 Å². The minimum atomic E-state index is -0.870. The lowest BCUT2D eigenvalue weighted by Crippen LogP contribution is -2.16. The van der Waals surface area contributed by atoms with Gasteiger partial charge in [0.1, 0.15) is 0 Å². The van der Waals surface area contributed by atoms with Gasteiger partial charge in [0, 0.05) is 24.1 Å². The molecule has 0 aliphatic rings. The van der Waals surface area contributed by atoms with Gasteiger partial charge < -0.3 is 15.0 Å². The first-order chi connectivity index (χ1) is 13.3. The van der Waals surface area contributed by atoms with Crippen LogP contribution >= 0.6 is 0 Å². The van der Waals surface area contributed by atoms with E-state index >= 15 is 0 Å². The summed E-state index contributed by atoms with van der Waals surface area (Å²) in [6.07, 6.45) is 0.260. The van der Waals surface area contributed by atoms with Crippen LogP contribution in [0.1, 0.15) is 29.7 Å². The standard InChI is InChI=1S/C23H24N2O3/c1-15-4-6-18(7-5-15)21-13-12-20(25(21)3)14-22(26)24-19-10-8-17(9-11-19)16(2)23(27)28/h4-13,16H,14H2,1-3H3,(H,24,26)(H,27,28). The Bertz CT molecular complexity index is 986. The molecule has 5 heteroatoms. The van der Waals surface area contributed by atoms with Crippen molar-refractivity contribution in [3.8, 4) is 11.3 Å². The summed E-state index contributed by atoms with van der Waals surface area (Å²) >= 11 is 0. The fraction of sp³-hybridized carbons (Fsp3) is 0.217. The summed E-state index contributed by atoms with van der Waals surface area (Å²) in [6, 6.07) is 19.2. The van der Waals surface area contributed by atoms with Crippen molar-refractivity contribution in [2.45, 2.75) is 26.2 Å². The van der Waals surface area contributed by atoms with E-state index < -0.39 is 11.9 Å². The van der Waals surface area contributed by atoms with Gasteiger partial charge in [-0.25, -0.2) is 0 Å². The van der Waals surface area contributed by atoms with Crippen LogP contribution in [0.2, 0.25) is 0 Å². The highest BCUT2D eigenvalue weighted by Crippen LogP contribution is 2.23. The number of hydrogen-bond donors (Lipinski definition) is 2. The second-order valence-electron chi connectivity index (χ2n) is 7.04. The number of amides is 1. The lowest BCUT2D eigenvalue weighted by Gasteiger charge is -2.10. The molecule has 5 nitrogen and oxygen atoms in total. The van der Waals surface area contributed by atoms with E-state index in [0.717, 1.165) is 17.0 Å². The summed E-state index contributed by atoms with van der Waals surface area (Å²) in [5.41, 5.74) is 5.67. The first-order valence-corrected chi connectivity index (χ1v) is 9.19. The van der Waals surface area contributed by atoms with Crippen molar-refractivity contribution in [3.05, 3.63) is 77.5 Å². The summed E-state index contributed by atoms with van der Waals surface area (Å²) in [5.74, 6) is -1.56. The first-order valence-electron chi connectivity index (χ1n) is 9.19. The number of nitrogens with one attached hydrogen (secondary N) is 1. The van der Waals surface area contributed by atoms with Gasteiger partial charge in [0.15, 0.2) is 0 Å². The maximum atomic E-state index is 12.4. The normalized spacial score (nSPS) is 11.8. The van der Waals surface area contributed by atoms with E-state index in [2.05, 4.69) is 36.5 Å². The topological polar surface area (TPSA) is 71.3 Å². The van der Waals surface area contributed by atoms with Crippen LogP contribution in [-0.2, 0) is 23.1 Å². The molecule has 0 aliphatic carbocycles. The van der Waals surface area contributed by atoms with Crippen LogP contribution in [-0.4, -0.2) is 21.6 Å². The molecule has 0 spiro atoms. The van der Waals surface area contributed by atoms with Gasteiger partial charge in [-0.15, -0.1) is 0 Å². The Balaban J connectivity index is 1.67. The Morgan fingerprint density at radius 3 is 2.25 bits per heavy atom. The van der Waals surface area contributed by atoms with E-state index in [1.54, 1.807) is 31.2 Å². The molecule has 2 aromatic carbocycles. The molecule has 0 aliphatic heterocycles. The van der Waals surface area contributed by atoms with Crippen molar-refractivity contribution >= 4 is 17.6 Å². The van der Waals surface area contributed by atoms with E-state index in [1.807, 2.05) is 23.7 Å². The van der Waals surface area contributed by atoms with Gasteiger partial charge in [-0.05, 0) is 49.2 Å².